The van der Waals surface area contributed by atoms with E-state index >= 15 is 0 Å². The maximum absolute atomic E-state index is 10.6. The van der Waals surface area contributed by atoms with E-state index in [9.17, 15) is 10.1 Å². The monoisotopic (exact) mass is 304 g/mol. The van der Waals surface area contributed by atoms with Crippen molar-refractivity contribution in [3.63, 3.8) is 0 Å². The number of nitro groups is 1. The smallest absolute Gasteiger partial charge is 0.269 e. The van der Waals surface area contributed by atoms with Crippen molar-refractivity contribution in [1.82, 2.24) is 14.8 Å². The van der Waals surface area contributed by atoms with Crippen molar-refractivity contribution in [1.29, 1.82) is 0 Å². The zero-order chi connectivity index (χ0) is 15.2. The first kappa shape index (κ1) is 15.2. The summed E-state index contributed by atoms with van der Waals surface area (Å²) in [5.41, 5.74) is 1.11. The molecule has 1 heterocycles. The van der Waals surface area contributed by atoms with Crippen molar-refractivity contribution in [3.8, 4) is 0 Å². The molecule has 110 valence electrons. The molecule has 0 saturated heterocycles. The van der Waals surface area contributed by atoms with Crippen molar-refractivity contribution in [2.75, 3.05) is 0 Å². The van der Waals surface area contributed by atoms with Crippen LogP contribution in [0.2, 0.25) is 0 Å². The summed E-state index contributed by atoms with van der Waals surface area (Å²) < 4.78 is 2.03. The Morgan fingerprint density at radius 1 is 1.38 bits per heavy atom. The molecule has 0 N–H and O–H groups in total. The molecule has 0 spiro atoms. The van der Waals surface area contributed by atoms with Gasteiger partial charge in [0.2, 0.25) is 0 Å². The van der Waals surface area contributed by atoms with Gasteiger partial charge < -0.3 is 4.57 Å². The number of nitro benzene ring substituents is 1. The van der Waals surface area contributed by atoms with Crippen LogP contribution in [0.25, 0.3) is 0 Å². The third kappa shape index (κ3) is 3.69. The van der Waals surface area contributed by atoms with Gasteiger partial charge in [-0.05, 0) is 5.56 Å². The van der Waals surface area contributed by atoms with Crippen LogP contribution in [-0.2, 0) is 18.7 Å². The van der Waals surface area contributed by atoms with Crippen LogP contribution < -0.4 is 0 Å². The second-order valence-electron chi connectivity index (χ2n) is 4.36. The molecule has 2 aromatic rings. The van der Waals surface area contributed by atoms with E-state index in [-0.39, 0.29) is 5.69 Å². The van der Waals surface area contributed by atoms with Crippen molar-refractivity contribution in [2.24, 2.45) is 0 Å². The molecule has 0 amide bonds. The SMILES string of the molecule is C=CCn1c(CC)nnc1SCc1ccc([N+](=O)[O-])cc1. The van der Waals surface area contributed by atoms with Crippen LogP contribution in [0.3, 0.4) is 0 Å². The molecular formula is C14H16N4O2S. The molecular weight excluding hydrogens is 288 g/mol. The molecule has 0 atom stereocenters. The van der Waals surface area contributed by atoms with Gasteiger partial charge in [-0.25, -0.2) is 0 Å². The largest absolute Gasteiger partial charge is 0.302 e. The fourth-order valence-electron chi connectivity index (χ4n) is 1.86. The quantitative estimate of drug-likeness (QED) is 0.340. The molecule has 0 radical (unpaired) electrons. The van der Waals surface area contributed by atoms with Gasteiger partial charge in [0.1, 0.15) is 5.82 Å². The van der Waals surface area contributed by atoms with Gasteiger partial charge in [0.15, 0.2) is 5.16 Å². The van der Waals surface area contributed by atoms with Gasteiger partial charge in [-0.15, -0.1) is 16.8 Å². The number of allylic oxidation sites excluding steroid dienone is 1. The van der Waals surface area contributed by atoms with Gasteiger partial charge in [0.25, 0.3) is 5.69 Å². The number of rotatable bonds is 7. The molecule has 0 saturated carbocycles. The lowest BCUT2D eigenvalue weighted by Crippen LogP contribution is -2.02. The number of nitrogens with zero attached hydrogens (tertiary/aromatic N) is 4. The molecule has 1 aromatic carbocycles. The van der Waals surface area contributed by atoms with Crippen LogP contribution >= 0.6 is 11.8 Å². The first-order valence-corrected chi connectivity index (χ1v) is 7.53. The van der Waals surface area contributed by atoms with Crippen LogP contribution in [0, 0.1) is 10.1 Å². The minimum absolute atomic E-state index is 0.104. The molecule has 0 aliphatic rings. The Hall–Kier alpha value is -2.15. The summed E-state index contributed by atoms with van der Waals surface area (Å²) in [4.78, 5) is 10.2. The highest BCUT2D eigenvalue weighted by molar-refractivity contribution is 7.98. The van der Waals surface area contributed by atoms with E-state index in [0.717, 1.165) is 23.0 Å². The van der Waals surface area contributed by atoms with Crippen LogP contribution in [0.5, 0.6) is 0 Å². The van der Waals surface area contributed by atoms with Crippen LogP contribution in [0.1, 0.15) is 18.3 Å². The summed E-state index contributed by atoms with van der Waals surface area (Å²) in [5.74, 6) is 1.62. The number of thioether (sulfide) groups is 1. The van der Waals surface area contributed by atoms with E-state index < -0.39 is 4.92 Å². The van der Waals surface area contributed by atoms with E-state index in [0.29, 0.717) is 12.3 Å². The highest BCUT2D eigenvalue weighted by atomic mass is 32.2. The Bertz CT molecular complexity index is 637. The first-order chi connectivity index (χ1) is 10.2. The van der Waals surface area contributed by atoms with Gasteiger partial charge in [-0.1, -0.05) is 36.9 Å². The molecule has 0 bridgehead atoms. The van der Waals surface area contributed by atoms with Crippen LogP contribution in [0.4, 0.5) is 5.69 Å². The van der Waals surface area contributed by atoms with Crippen molar-refractivity contribution in [2.45, 2.75) is 30.8 Å². The Labute approximate surface area is 127 Å². The van der Waals surface area contributed by atoms with Gasteiger partial charge in [0, 0.05) is 30.9 Å². The number of benzene rings is 1. The summed E-state index contributed by atoms with van der Waals surface area (Å²) in [6.45, 7) is 6.46. The minimum atomic E-state index is -0.398. The molecule has 21 heavy (non-hydrogen) atoms. The topological polar surface area (TPSA) is 73.8 Å². The summed E-state index contributed by atoms with van der Waals surface area (Å²) in [5, 5.41) is 19.8. The standard InChI is InChI=1S/C14H16N4O2S/c1-3-9-17-13(4-2)15-16-14(17)21-10-11-5-7-12(8-6-11)18(19)20/h3,5-8H,1,4,9-10H2,2H3. The van der Waals surface area contributed by atoms with Crippen LogP contribution in [-0.4, -0.2) is 19.7 Å². The van der Waals surface area contributed by atoms with Crippen molar-refractivity contribution in [3.05, 3.63) is 58.4 Å². The number of aromatic nitrogens is 3. The van der Waals surface area contributed by atoms with E-state index in [4.69, 9.17) is 0 Å². The second kappa shape index (κ2) is 7.03. The average molecular weight is 304 g/mol. The third-order valence-corrected chi connectivity index (χ3v) is 3.97. The second-order valence-corrected chi connectivity index (χ2v) is 5.31. The van der Waals surface area contributed by atoms with E-state index in [1.165, 1.54) is 12.1 Å². The maximum atomic E-state index is 10.6. The van der Waals surface area contributed by atoms with Crippen LogP contribution in [0.15, 0.2) is 42.1 Å². The summed E-state index contributed by atoms with van der Waals surface area (Å²) in [6.07, 6.45) is 2.64. The zero-order valence-corrected chi connectivity index (χ0v) is 12.5. The number of hydrogen-bond acceptors (Lipinski definition) is 5. The molecule has 0 aliphatic heterocycles. The normalized spacial score (nSPS) is 10.5. The first-order valence-electron chi connectivity index (χ1n) is 6.54. The third-order valence-electron chi connectivity index (χ3n) is 2.94. The Morgan fingerprint density at radius 3 is 2.67 bits per heavy atom. The lowest BCUT2D eigenvalue weighted by Gasteiger charge is -2.06. The highest BCUT2D eigenvalue weighted by Crippen LogP contribution is 2.23. The van der Waals surface area contributed by atoms with Gasteiger partial charge >= 0.3 is 0 Å². The molecule has 1 aromatic heterocycles. The summed E-state index contributed by atoms with van der Waals surface area (Å²) in [6, 6.07) is 6.56. The van der Waals surface area contributed by atoms with Crippen molar-refractivity contribution < 1.29 is 4.92 Å². The summed E-state index contributed by atoms with van der Waals surface area (Å²) in [7, 11) is 0. The molecule has 7 heteroatoms. The van der Waals surface area contributed by atoms with Crippen molar-refractivity contribution >= 4 is 17.4 Å². The Balaban J connectivity index is 2.07. The van der Waals surface area contributed by atoms with Gasteiger partial charge in [0.05, 0.1) is 4.92 Å². The lowest BCUT2D eigenvalue weighted by molar-refractivity contribution is -0.384. The van der Waals surface area contributed by atoms with E-state index in [1.54, 1.807) is 23.9 Å². The molecule has 6 nitrogen and oxygen atoms in total. The maximum Gasteiger partial charge on any atom is 0.269 e. The molecule has 0 unspecified atom stereocenters. The van der Waals surface area contributed by atoms with E-state index in [1.807, 2.05) is 17.6 Å². The van der Waals surface area contributed by atoms with Gasteiger partial charge in [-0.3, -0.25) is 10.1 Å². The number of aryl methyl sites for hydroxylation is 1. The zero-order valence-electron chi connectivity index (χ0n) is 11.7. The molecule has 0 aliphatic carbocycles. The van der Waals surface area contributed by atoms with Gasteiger partial charge in [-0.2, -0.15) is 0 Å². The minimum Gasteiger partial charge on any atom is -0.302 e. The lowest BCUT2D eigenvalue weighted by atomic mass is 10.2. The molecule has 2 rings (SSSR count). The Kier molecular flexibility index (Phi) is 5.10. The average Bonchev–Trinajstić information content (AvgIpc) is 2.88. The molecule has 0 fully saturated rings. The van der Waals surface area contributed by atoms with E-state index in [2.05, 4.69) is 16.8 Å². The predicted octanol–water partition coefficient (Wildman–Crippen LogP) is 3.23. The number of non-ortho nitro benzene ring substituents is 1. The summed E-state index contributed by atoms with van der Waals surface area (Å²) >= 11 is 1.56. The Morgan fingerprint density at radius 2 is 2.10 bits per heavy atom. The predicted molar refractivity (Wildman–Crippen MR) is 82.3 cm³/mol. The fourth-order valence-corrected chi connectivity index (χ4v) is 2.78. The number of hydrogen-bond donors (Lipinski definition) is 0. The highest BCUT2D eigenvalue weighted by Gasteiger charge is 2.11. The fraction of sp³-hybridized carbons (Fsp3) is 0.286.